The second-order valence-corrected chi connectivity index (χ2v) is 5.14. The molecule has 0 radical (unpaired) electrons. The fraction of sp³-hybridized carbons (Fsp3) is 0.0714. The minimum Gasteiger partial charge on any atom is -0.316 e. The van der Waals surface area contributed by atoms with Gasteiger partial charge >= 0.3 is 0 Å². The zero-order valence-corrected chi connectivity index (χ0v) is 11.0. The number of nitrogens with zero attached hydrogens (tertiary/aromatic N) is 3. The molecular formula is C14H10N4S. The van der Waals surface area contributed by atoms with Crippen molar-refractivity contribution in [3.05, 3.63) is 47.7 Å². The molecule has 0 aliphatic heterocycles. The number of nitrogens with one attached hydrogen (secondary N) is 1. The van der Waals surface area contributed by atoms with Crippen molar-refractivity contribution in [2.75, 3.05) is 5.32 Å². The minimum absolute atomic E-state index is 0.650. The molecule has 5 heteroatoms. The maximum atomic E-state index is 8.88. The number of aromatic nitrogens is 2. The third-order valence-electron chi connectivity index (χ3n) is 2.75. The number of fused-ring (bicyclic) bond motifs is 1. The van der Waals surface area contributed by atoms with Gasteiger partial charge in [-0.3, -0.25) is 0 Å². The summed E-state index contributed by atoms with van der Waals surface area (Å²) in [7, 11) is 0. The van der Waals surface area contributed by atoms with E-state index in [4.69, 9.17) is 5.26 Å². The molecule has 92 valence electrons. The lowest BCUT2D eigenvalue weighted by Crippen LogP contribution is -1.94. The van der Waals surface area contributed by atoms with Gasteiger partial charge in [0.1, 0.15) is 5.82 Å². The molecule has 2 heterocycles. The Kier molecular flexibility index (Phi) is 2.86. The van der Waals surface area contributed by atoms with Crippen LogP contribution in [0.15, 0.2) is 36.5 Å². The highest BCUT2D eigenvalue weighted by Gasteiger charge is 2.06. The Hall–Kier alpha value is -2.45. The Labute approximate surface area is 114 Å². The van der Waals surface area contributed by atoms with E-state index >= 15 is 0 Å². The van der Waals surface area contributed by atoms with Crippen LogP contribution < -0.4 is 5.32 Å². The van der Waals surface area contributed by atoms with Crippen LogP contribution in [0, 0.1) is 18.3 Å². The van der Waals surface area contributed by atoms with Gasteiger partial charge in [0.15, 0.2) is 5.13 Å². The molecule has 0 saturated carbocycles. The van der Waals surface area contributed by atoms with Crippen LogP contribution in [0.3, 0.4) is 0 Å². The van der Waals surface area contributed by atoms with Crippen molar-refractivity contribution in [2.45, 2.75) is 6.92 Å². The maximum absolute atomic E-state index is 8.88. The molecule has 0 atom stereocenters. The molecule has 0 aliphatic carbocycles. The Balaban J connectivity index is 1.98. The van der Waals surface area contributed by atoms with E-state index in [9.17, 15) is 0 Å². The number of anilines is 2. The maximum Gasteiger partial charge on any atom is 0.189 e. The van der Waals surface area contributed by atoms with Crippen molar-refractivity contribution >= 4 is 32.5 Å². The monoisotopic (exact) mass is 266 g/mol. The van der Waals surface area contributed by atoms with Gasteiger partial charge in [-0.25, -0.2) is 9.97 Å². The van der Waals surface area contributed by atoms with Gasteiger partial charge in [-0.2, -0.15) is 5.26 Å². The van der Waals surface area contributed by atoms with Gasteiger partial charge in [-0.15, -0.1) is 0 Å². The smallest absolute Gasteiger partial charge is 0.189 e. The molecular weight excluding hydrogens is 256 g/mol. The Morgan fingerprint density at radius 3 is 3.00 bits per heavy atom. The first-order valence-electron chi connectivity index (χ1n) is 5.75. The first kappa shape index (κ1) is 11.6. The van der Waals surface area contributed by atoms with E-state index in [1.54, 1.807) is 12.3 Å². The molecule has 0 spiro atoms. The molecule has 0 unspecified atom stereocenters. The van der Waals surface area contributed by atoms with E-state index in [2.05, 4.69) is 21.4 Å². The third kappa shape index (κ3) is 2.26. The van der Waals surface area contributed by atoms with Gasteiger partial charge in [-0.05, 0) is 36.8 Å². The van der Waals surface area contributed by atoms with Crippen LogP contribution in [0.1, 0.15) is 11.1 Å². The van der Waals surface area contributed by atoms with Crippen LogP contribution in [-0.2, 0) is 0 Å². The molecule has 3 aromatic rings. The molecule has 0 amide bonds. The average Bonchev–Trinajstić information content (AvgIpc) is 2.82. The van der Waals surface area contributed by atoms with Gasteiger partial charge in [0.2, 0.25) is 0 Å². The molecule has 1 aromatic carbocycles. The zero-order valence-electron chi connectivity index (χ0n) is 10.2. The van der Waals surface area contributed by atoms with Gasteiger partial charge < -0.3 is 5.32 Å². The van der Waals surface area contributed by atoms with E-state index in [-0.39, 0.29) is 0 Å². The van der Waals surface area contributed by atoms with E-state index in [1.807, 2.05) is 31.2 Å². The fourth-order valence-electron chi connectivity index (χ4n) is 1.77. The van der Waals surface area contributed by atoms with Gasteiger partial charge in [0.25, 0.3) is 0 Å². The molecule has 0 fully saturated rings. The predicted molar refractivity (Wildman–Crippen MR) is 76.6 cm³/mol. The number of rotatable bonds is 2. The summed E-state index contributed by atoms with van der Waals surface area (Å²) in [5.74, 6) is 0.807. The molecule has 0 saturated heterocycles. The molecule has 3 rings (SSSR count). The number of thiazole rings is 1. The summed E-state index contributed by atoms with van der Waals surface area (Å²) in [6.07, 6.45) is 1.75. The topological polar surface area (TPSA) is 61.6 Å². The van der Waals surface area contributed by atoms with Crippen molar-refractivity contribution in [1.82, 2.24) is 9.97 Å². The van der Waals surface area contributed by atoms with E-state index in [0.717, 1.165) is 26.7 Å². The molecule has 0 bridgehead atoms. The second-order valence-electron chi connectivity index (χ2n) is 4.11. The SMILES string of the molecule is Cc1cccnc1Nc1nc2ccc(C#N)cc2s1. The summed E-state index contributed by atoms with van der Waals surface area (Å²) in [6, 6.07) is 11.5. The van der Waals surface area contributed by atoms with Gasteiger partial charge in [0, 0.05) is 6.20 Å². The van der Waals surface area contributed by atoms with Crippen molar-refractivity contribution in [1.29, 1.82) is 5.26 Å². The Bertz CT molecular complexity index is 785. The summed E-state index contributed by atoms with van der Waals surface area (Å²) in [5, 5.41) is 12.9. The molecule has 19 heavy (non-hydrogen) atoms. The van der Waals surface area contributed by atoms with Crippen LogP contribution in [0.25, 0.3) is 10.2 Å². The highest BCUT2D eigenvalue weighted by Crippen LogP contribution is 2.29. The highest BCUT2D eigenvalue weighted by atomic mass is 32.1. The largest absolute Gasteiger partial charge is 0.316 e. The van der Waals surface area contributed by atoms with E-state index in [1.165, 1.54) is 11.3 Å². The third-order valence-corrected chi connectivity index (χ3v) is 3.69. The summed E-state index contributed by atoms with van der Waals surface area (Å²) < 4.78 is 0.995. The lowest BCUT2D eigenvalue weighted by molar-refractivity contribution is 1.25. The highest BCUT2D eigenvalue weighted by molar-refractivity contribution is 7.22. The number of pyridine rings is 1. The van der Waals surface area contributed by atoms with Crippen molar-refractivity contribution in [3.63, 3.8) is 0 Å². The summed E-state index contributed by atoms with van der Waals surface area (Å²) >= 11 is 1.52. The molecule has 4 nitrogen and oxygen atoms in total. The Morgan fingerprint density at radius 2 is 2.21 bits per heavy atom. The normalized spacial score (nSPS) is 10.3. The zero-order chi connectivity index (χ0) is 13.2. The molecule has 0 aliphatic rings. The number of nitriles is 1. The summed E-state index contributed by atoms with van der Waals surface area (Å²) in [6.45, 7) is 2.00. The average molecular weight is 266 g/mol. The number of aryl methyl sites for hydroxylation is 1. The standard InChI is InChI=1S/C14H10N4S/c1-9-3-2-6-16-13(9)18-14-17-11-5-4-10(8-15)7-12(11)19-14/h2-7H,1H3,(H,16,17,18). The first-order valence-corrected chi connectivity index (χ1v) is 6.57. The first-order chi connectivity index (χ1) is 9.26. The lowest BCUT2D eigenvalue weighted by atomic mass is 10.2. The van der Waals surface area contributed by atoms with Gasteiger partial charge in [-0.1, -0.05) is 17.4 Å². The second kappa shape index (κ2) is 4.67. The molecule has 1 N–H and O–H groups in total. The molecule has 2 aromatic heterocycles. The van der Waals surface area contributed by atoms with Crippen LogP contribution >= 0.6 is 11.3 Å². The van der Waals surface area contributed by atoms with Crippen molar-refractivity contribution < 1.29 is 0 Å². The predicted octanol–water partition coefficient (Wildman–Crippen LogP) is 3.62. The Morgan fingerprint density at radius 1 is 1.32 bits per heavy atom. The van der Waals surface area contributed by atoms with Gasteiger partial charge in [0.05, 0.1) is 21.8 Å². The number of hydrogen-bond acceptors (Lipinski definition) is 5. The van der Waals surface area contributed by atoms with E-state index < -0.39 is 0 Å². The van der Waals surface area contributed by atoms with Crippen molar-refractivity contribution in [3.8, 4) is 6.07 Å². The fourth-order valence-corrected chi connectivity index (χ4v) is 2.67. The minimum atomic E-state index is 0.650. The van der Waals surface area contributed by atoms with Crippen LogP contribution in [0.4, 0.5) is 10.9 Å². The van der Waals surface area contributed by atoms with Crippen LogP contribution in [0.5, 0.6) is 0 Å². The lowest BCUT2D eigenvalue weighted by Gasteiger charge is -2.03. The summed E-state index contributed by atoms with van der Waals surface area (Å²) in [4.78, 5) is 8.76. The quantitative estimate of drug-likeness (QED) is 0.769. The number of benzene rings is 1. The van der Waals surface area contributed by atoms with Crippen molar-refractivity contribution in [2.24, 2.45) is 0 Å². The van der Waals surface area contributed by atoms with E-state index in [0.29, 0.717) is 5.56 Å². The summed E-state index contributed by atoms with van der Waals surface area (Å²) in [5.41, 5.74) is 2.61. The van der Waals surface area contributed by atoms with Crippen LogP contribution in [-0.4, -0.2) is 9.97 Å². The number of hydrogen-bond donors (Lipinski definition) is 1. The van der Waals surface area contributed by atoms with Crippen LogP contribution in [0.2, 0.25) is 0 Å².